The van der Waals surface area contributed by atoms with Crippen molar-refractivity contribution >= 4 is 11.6 Å². The Labute approximate surface area is 110 Å². The van der Waals surface area contributed by atoms with Crippen molar-refractivity contribution in [3.05, 3.63) is 39.9 Å². The van der Waals surface area contributed by atoms with E-state index in [0.717, 1.165) is 0 Å². The standard InChI is InChI=1S/C13H16N2O4/c1-13(2)7-11(16)14(12(13)17)8-9-5-3-4-6-10(9)15(18)19/h3-6,12,17H,7-8H2,1-2H3. The van der Waals surface area contributed by atoms with Crippen LogP contribution in [0, 0.1) is 15.5 Å². The van der Waals surface area contributed by atoms with Gasteiger partial charge in [-0.3, -0.25) is 14.9 Å². The van der Waals surface area contributed by atoms with E-state index in [0.29, 0.717) is 5.56 Å². The maximum absolute atomic E-state index is 11.9. The van der Waals surface area contributed by atoms with Crippen molar-refractivity contribution in [1.29, 1.82) is 0 Å². The van der Waals surface area contributed by atoms with E-state index in [1.807, 2.05) is 0 Å². The Morgan fingerprint density at radius 2 is 2.11 bits per heavy atom. The van der Waals surface area contributed by atoms with Crippen molar-refractivity contribution < 1.29 is 14.8 Å². The van der Waals surface area contributed by atoms with Crippen LogP contribution in [-0.2, 0) is 11.3 Å². The second kappa shape index (κ2) is 4.62. The Kier molecular flexibility index (Phi) is 3.28. The van der Waals surface area contributed by atoms with E-state index >= 15 is 0 Å². The lowest BCUT2D eigenvalue weighted by Crippen LogP contribution is -2.37. The number of nitro benzene ring substituents is 1. The highest BCUT2D eigenvalue weighted by Crippen LogP contribution is 2.37. The fourth-order valence-electron chi connectivity index (χ4n) is 2.32. The molecule has 0 saturated carbocycles. The third-order valence-electron chi connectivity index (χ3n) is 3.45. The first-order valence-electron chi connectivity index (χ1n) is 6.03. The van der Waals surface area contributed by atoms with Crippen molar-refractivity contribution in [1.82, 2.24) is 4.90 Å². The molecular formula is C13H16N2O4. The van der Waals surface area contributed by atoms with Gasteiger partial charge in [0.05, 0.1) is 11.5 Å². The number of nitrogens with zero attached hydrogens (tertiary/aromatic N) is 2. The first-order chi connectivity index (χ1) is 8.83. The van der Waals surface area contributed by atoms with Gasteiger partial charge in [-0.1, -0.05) is 32.0 Å². The third kappa shape index (κ3) is 2.44. The minimum absolute atomic E-state index is 0.0350. The summed E-state index contributed by atoms with van der Waals surface area (Å²) >= 11 is 0. The van der Waals surface area contributed by atoms with Crippen molar-refractivity contribution in [3.63, 3.8) is 0 Å². The van der Waals surface area contributed by atoms with E-state index in [9.17, 15) is 20.0 Å². The maximum Gasteiger partial charge on any atom is 0.274 e. The molecule has 0 radical (unpaired) electrons. The van der Waals surface area contributed by atoms with Crippen LogP contribution in [0.5, 0.6) is 0 Å². The number of para-hydroxylation sites is 1. The fraction of sp³-hybridized carbons (Fsp3) is 0.462. The van der Waals surface area contributed by atoms with Crippen LogP contribution in [-0.4, -0.2) is 27.1 Å². The minimum atomic E-state index is -0.917. The summed E-state index contributed by atoms with van der Waals surface area (Å²) in [6.45, 7) is 3.66. The van der Waals surface area contributed by atoms with Crippen LogP contribution in [0.25, 0.3) is 0 Å². The third-order valence-corrected chi connectivity index (χ3v) is 3.45. The topological polar surface area (TPSA) is 83.7 Å². The Morgan fingerprint density at radius 1 is 1.47 bits per heavy atom. The summed E-state index contributed by atoms with van der Waals surface area (Å²) in [5, 5.41) is 21.0. The highest BCUT2D eigenvalue weighted by Gasteiger charge is 2.44. The van der Waals surface area contributed by atoms with Gasteiger partial charge in [0.25, 0.3) is 5.69 Å². The molecule has 1 aliphatic heterocycles. The first-order valence-corrected chi connectivity index (χ1v) is 6.03. The molecule has 102 valence electrons. The van der Waals surface area contributed by atoms with Crippen molar-refractivity contribution in [2.75, 3.05) is 0 Å². The summed E-state index contributed by atoms with van der Waals surface area (Å²) in [5.74, 6) is -0.185. The lowest BCUT2D eigenvalue weighted by atomic mass is 9.91. The molecule has 2 rings (SSSR count). The lowest BCUT2D eigenvalue weighted by molar-refractivity contribution is -0.385. The largest absolute Gasteiger partial charge is 0.373 e. The average Bonchev–Trinajstić information content (AvgIpc) is 2.52. The van der Waals surface area contributed by atoms with Crippen molar-refractivity contribution in [2.24, 2.45) is 5.41 Å². The smallest absolute Gasteiger partial charge is 0.274 e. The number of carbonyl (C=O) groups is 1. The number of amides is 1. The zero-order valence-corrected chi connectivity index (χ0v) is 10.9. The summed E-state index contributed by atoms with van der Waals surface area (Å²) in [6.07, 6.45) is -0.672. The molecule has 1 saturated heterocycles. The molecule has 6 heteroatoms. The zero-order valence-electron chi connectivity index (χ0n) is 10.9. The van der Waals surface area contributed by atoms with E-state index in [2.05, 4.69) is 0 Å². The van der Waals surface area contributed by atoms with Crippen LogP contribution in [0.1, 0.15) is 25.8 Å². The van der Waals surface area contributed by atoms with Crippen LogP contribution in [0.4, 0.5) is 5.69 Å². The van der Waals surface area contributed by atoms with E-state index in [4.69, 9.17) is 0 Å². The van der Waals surface area contributed by atoms with E-state index < -0.39 is 16.6 Å². The molecule has 0 spiro atoms. The number of aliphatic hydroxyl groups excluding tert-OH is 1. The molecule has 1 aromatic carbocycles. The van der Waals surface area contributed by atoms with Gasteiger partial charge in [-0.05, 0) is 0 Å². The van der Waals surface area contributed by atoms with Gasteiger partial charge >= 0.3 is 0 Å². The van der Waals surface area contributed by atoms with Gasteiger partial charge in [0, 0.05) is 23.5 Å². The first kappa shape index (κ1) is 13.5. The van der Waals surface area contributed by atoms with Gasteiger partial charge in [-0.2, -0.15) is 0 Å². The van der Waals surface area contributed by atoms with Crippen LogP contribution in [0.3, 0.4) is 0 Å². The molecule has 1 atom stereocenters. The average molecular weight is 264 g/mol. The molecule has 1 unspecified atom stereocenters. The number of aliphatic hydroxyl groups is 1. The summed E-state index contributed by atoms with van der Waals surface area (Å²) in [6, 6.07) is 6.26. The maximum atomic E-state index is 11.9. The summed E-state index contributed by atoms with van der Waals surface area (Å²) in [4.78, 5) is 23.6. The van der Waals surface area contributed by atoms with Gasteiger partial charge in [0.1, 0.15) is 6.23 Å². The van der Waals surface area contributed by atoms with Crippen LogP contribution >= 0.6 is 0 Å². The number of hydrogen-bond donors (Lipinski definition) is 1. The molecule has 1 aromatic rings. The van der Waals surface area contributed by atoms with Crippen molar-refractivity contribution in [2.45, 2.75) is 33.0 Å². The van der Waals surface area contributed by atoms with E-state index in [1.54, 1.807) is 32.0 Å². The predicted octanol–water partition coefficient (Wildman–Crippen LogP) is 1.67. The summed E-state index contributed by atoms with van der Waals surface area (Å²) in [5.41, 5.74) is -0.134. The fourth-order valence-corrected chi connectivity index (χ4v) is 2.32. The number of rotatable bonds is 3. The Balaban J connectivity index is 2.27. The molecule has 0 aromatic heterocycles. The van der Waals surface area contributed by atoms with Gasteiger partial charge < -0.3 is 10.0 Å². The number of nitro groups is 1. The SMILES string of the molecule is CC1(C)CC(=O)N(Cc2ccccc2[N+](=O)[O-])C1O. The summed E-state index contributed by atoms with van der Waals surface area (Å²) in [7, 11) is 0. The monoisotopic (exact) mass is 264 g/mol. The van der Waals surface area contributed by atoms with E-state index in [-0.39, 0.29) is 24.6 Å². The Morgan fingerprint density at radius 3 is 2.63 bits per heavy atom. The molecule has 1 amide bonds. The van der Waals surface area contributed by atoms with Gasteiger partial charge in [0.2, 0.25) is 5.91 Å². The van der Waals surface area contributed by atoms with Crippen molar-refractivity contribution in [3.8, 4) is 0 Å². The Hall–Kier alpha value is -1.95. The highest BCUT2D eigenvalue weighted by molar-refractivity contribution is 5.79. The molecule has 19 heavy (non-hydrogen) atoms. The number of carbonyl (C=O) groups excluding carboxylic acids is 1. The normalized spacial score (nSPS) is 21.7. The van der Waals surface area contributed by atoms with Crippen LogP contribution < -0.4 is 0 Å². The van der Waals surface area contributed by atoms with Crippen LogP contribution in [0.2, 0.25) is 0 Å². The Bertz CT molecular complexity index is 527. The molecule has 0 aliphatic carbocycles. The molecule has 1 heterocycles. The molecule has 1 aliphatic rings. The molecule has 1 fully saturated rings. The van der Waals surface area contributed by atoms with Crippen LogP contribution in [0.15, 0.2) is 24.3 Å². The second-order valence-electron chi connectivity index (χ2n) is 5.45. The molecule has 0 bridgehead atoms. The predicted molar refractivity (Wildman–Crippen MR) is 68.1 cm³/mol. The van der Waals surface area contributed by atoms with Gasteiger partial charge in [-0.15, -0.1) is 0 Å². The number of likely N-dealkylation sites (tertiary alicyclic amines) is 1. The van der Waals surface area contributed by atoms with E-state index in [1.165, 1.54) is 11.0 Å². The zero-order chi connectivity index (χ0) is 14.2. The highest BCUT2D eigenvalue weighted by atomic mass is 16.6. The van der Waals surface area contributed by atoms with Gasteiger partial charge in [0.15, 0.2) is 0 Å². The number of benzene rings is 1. The van der Waals surface area contributed by atoms with Gasteiger partial charge in [-0.25, -0.2) is 0 Å². The molecular weight excluding hydrogens is 248 g/mol. The quantitative estimate of drug-likeness (QED) is 0.665. The molecule has 1 N–H and O–H groups in total. The number of hydrogen-bond acceptors (Lipinski definition) is 4. The lowest BCUT2D eigenvalue weighted by Gasteiger charge is -2.27. The summed E-state index contributed by atoms with van der Waals surface area (Å²) < 4.78 is 0. The molecule has 6 nitrogen and oxygen atoms in total. The second-order valence-corrected chi connectivity index (χ2v) is 5.45. The minimum Gasteiger partial charge on any atom is -0.373 e.